The summed E-state index contributed by atoms with van der Waals surface area (Å²) in [5.74, 6) is 2.76. The molecule has 3 heterocycles. The molecule has 15 nitrogen and oxygen atoms in total. The number of nitrogens with one attached hydrogen (secondary N) is 3. The van der Waals surface area contributed by atoms with Gasteiger partial charge in [-0.15, -0.1) is 12.4 Å². The molecule has 3 aliphatic heterocycles. The highest BCUT2D eigenvalue weighted by molar-refractivity contribution is 6.30. The van der Waals surface area contributed by atoms with E-state index in [0.29, 0.717) is 73.9 Å². The van der Waals surface area contributed by atoms with Gasteiger partial charge in [0.1, 0.15) is 28.6 Å². The number of nitrogens with two attached hydrogens (primary N) is 1. The summed E-state index contributed by atoms with van der Waals surface area (Å²) in [5.41, 5.74) is 10.3. The summed E-state index contributed by atoms with van der Waals surface area (Å²) in [4.78, 5) is 72.8. The number of ketones is 1. The maximum atomic E-state index is 12.6. The van der Waals surface area contributed by atoms with Crippen LogP contribution in [0.15, 0.2) is 126 Å². The Morgan fingerprint density at radius 3 is 1.39 bits per heavy atom. The van der Waals surface area contributed by atoms with E-state index in [1.807, 2.05) is 106 Å². The summed E-state index contributed by atoms with van der Waals surface area (Å²) < 4.78 is 20.9. The van der Waals surface area contributed by atoms with Gasteiger partial charge in [0, 0.05) is 75.2 Å². The lowest BCUT2D eigenvalue weighted by molar-refractivity contribution is -0.156. The Morgan fingerprint density at radius 2 is 0.987 bits per heavy atom. The number of Topliss-reactive ketones (excluding diaryl/α,β-unsaturated/α-hetero) is 1. The molecule has 8 rings (SSSR count). The van der Waals surface area contributed by atoms with Crippen LogP contribution in [-0.4, -0.2) is 88.2 Å². The summed E-state index contributed by atoms with van der Waals surface area (Å²) in [6.45, 7) is 7.14. The number of hydrogen-bond donors (Lipinski definition) is 4. The Hall–Kier alpha value is -6.74. The van der Waals surface area contributed by atoms with Gasteiger partial charge in [0.15, 0.2) is 0 Å². The average molecular weight is 1120 g/mol. The van der Waals surface area contributed by atoms with Crippen LogP contribution in [0.25, 0.3) is 0 Å². The van der Waals surface area contributed by atoms with E-state index in [0.717, 1.165) is 39.5 Å². The van der Waals surface area contributed by atoms with Gasteiger partial charge in [0.25, 0.3) is 0 Å². The van der Waals surface area contributed by atoms with Crippen molar-refractivity contribution in [3.8, 4) is 17.2 Å². The number of rotatable bonds is 13. The third kappa shape index (κ3) is 21.7. The number of ether oxygens (including phenoxy) is 4. The highest BCUT2D eigenvalue weighted by Crippen LogP contribution is 2.36. The Balaban J connectivity index is 0.000000368. The molecule has 3 amide bonds. The number of amides is 3. The van der Waals surface area contributed by atoms with Crippen molar-refractivity contribution in [2.45, 2.75) is 96.1 Å². The zero-order valence-electron chi connectivity index (χ0n) is 43.6. The second kappa shape index (κ2) is 32.1. The van der Waals surface area contributed by atoms with E-state index in [2.05, 4.69) is 20.9 Å². The first kappa shape index (κ1) is 64.5. The fourth-order valence-corrected chi connectivity index (χ4v) is 9.19. The van der Waals surface area contributed by atoms with Crippen LogP contribution in [0.4, 0.5) is 5.69 Å². The first-order valence-corrected chi connectivity index (χ1v) is 25.4. The van der Waals surface area contributed by atoms with Crippen molar-refractivity contribution in [1.29, 1.82) is 0 Å². The smallest absolute Gasteiger partial charge is 0.306 e. The van der Waals surface area contributed by atoms with Crippen LogP contribution in [0.1, 0.15) is 102 Å². The van der Waals surface area contributed by atoms with Crippen LogP contribution < -0.4 is 35.9 Å². The van der Waals surface area contributed by atoms with E-state index in [1.165, 1.54) is 6.08 Å². The van der Waals surface area contributed by atoms with Crippen molar-refractivity contribution in [1.82, 2.24) is 16.0 Å². The van der Waals surface area contributed by atoms with Crippen molar-refractivity contribution in [2.75, 3.05) is 41.0 Å². The predicted molar refractivity (Wildman–Crippen MR) is 306 cm³/mol. The number of esters is 1. The minimum Gasteiger partial charge on any atom is -0.497 e. The predicted octanol–water partition coefficient (Wildman–Crippen LogP) is 10.7. The molecule has 5 aromatic rings. The molecular weight excluding hydrogens is 1050 g/mol. The lowest BCUT2D eigenvalue weighted by Gasteiger charge is -2.32. The Bertz CT molecular complexity index is 2710. The van der Waals surface area contributed by atoms with Crippen molar-refractivity contribution in [3.63, 3.8) is 0 Å². The van der Waals surface area contributed by atoms with E-state index in [1.54, 1.807) is 57.7 Å². The summed E-state index contributed by atoms with van der Waals surface area (Å²) in [7, 11) is 4.88. The van der Waals surface area contributed by atoms with Crippen molar-refractivity contribution in [3.05, 3.63) is 154 Å². The van der Waals surface area contributed by atoms with Gasteiger partial charge >= 0.3 is 5.97 Å². The van der Waals surface area contributed by atoms with Crippen LogP contribution >= 0.6 is 35.6 Å². The van der Waals surface area contributed by atoms with E-state index in [9.17, 15) is 28.8 Å². The zero-order valence-corrected chi connectivity index (χ0v) is 46.0. The molecule has 77 heavy (non-hydrogen) atoms. The Kier molecular flexibility index (Phi) is 26.9. The van der Waals surface area contributed by atoms with Crippen LogP contribution in [0.2, 0.25) is 10.0 Å². The van der Waals surface area contributed by atoms with Gasteiger partial charge in [0.2, 0.25) is 23.8 Å². The lowest BCUT2D eigenvalue weighted by atomic mass is 9.78. The molecule has 416 valence electrons. The van der Waals surface area contributed by atoms with Gasteiger partial charge in [-0.3, -0.25) is 24.0 Å². The number of piperidine rings is 3. The fraction of sp³-hybridized carbons (Fsp3) is 0.390. The Morgan fingerprint density at radius 1 is 0.610 bits per heavy atom. The molecular formula is C59H74Cl3N5O10. The second-order valence-electron chi connectivity index (χ2n) is 19.4. The van der Waals surface area contributed by atoms with Gasteiger partial charge in [-0.2, -0.15) is 4.99 Å². The number of hydrogen-bond acceptors (Lipinski definition) is 12. The largest absolute Gasteiger partial charge is 0.497 e. The van der Waals surface area contributed by atoms with Crippen LogP contribution in [0.3, 0.4) is 0 Å². The number of carbonyl (C=O) groups excluding carboxylic acids is 6. The number of benzene rings is 5. The lowest BCUT2D eigenvalue weighted by Crippen LogP contribution is -2.47. The van der Waals surface area contributed by atoms with Crippen LogP contribution in [-0.2, 0) is 39.9 Å². The molecule has 3 fully saturated rings. The second-order valence-corrected chi connectivity index (χ2v) is 20.2. The number of methoxy groups -OCH3 is 3. The van der Waals surface area contributed by atoms with E-state index in [4.69, 9.17) is 47.9 Å². The van der Waals surface area contributed by atoms with Crippen LogP contribution in [0.5, 0.6) is 17.2 Å². The van der Waals surface area contributed by atoms with Gasteiger partial charge in [0.05, 0.1) is 33.4 Å². The third-order valence-electron chi connectivity index (χ3n) is 12.8. The zero-order chi connectivity index (χ0) is 54.5. The number of halogens is 3. The Labute approximate surface area is 470 Å². The maximum Gasteiger partial charge on any atom is 0.306 e. The highest BCUT2D eigenvalue weighted by Gasteiger charge is 2.34. The number of aliphatic imine (C=N–C) groups is 1. The topological polar surface area (TPSA) is 214 Å². The molecule has 3 saturated heterocycles. The van der Waals surface area contributed by atoms with Crippen molar-refractivity contribution >= 4 is 76.9 Å². The molecule has 6 atom stereocenters. The quantitative estimate of drug-likeness (QED) is 0.0494. The van der Waals surface area contributed by atoms with Gasteiger partial charge in [-0.1, -0.05) is 79.2 Å². The molecule has 5 aromatic carbocycles. The average Bonchev–Trinajstić information content (AvgIpc) is 3.39. The number of carbonyl (C=O) groups is 5. The molecule has 3 unspecified atom stereocenters. The molecule has 5 N–H and O–H groups in total. The van der Waals surface area contributed by atoms with Gasteiger partial charge in [-0.25, -0.2) is 4.79 Å². The molecule has 0 spiro atoms. The summed E-state index contributed by atoms with van der Waals surface area (Å²) in [5, 5.41) is 9.81. The first-order valence-electron chi connectivity index (χ1n) is 24.7. The SMILES string of the molecule is C.COc1ccc(C2CC(=O)NC[C@H]2CC(=O)Cc2ccc(Cl)cc2)cc1.COc1ccc(C2CC(=O)NC[C@H]2CC(=O)OC(C)(C)C)cc1.COc1ccc(C2CC(=O)NC[C@H]2N)cc1.Cl.O=C=Nc1ccc(Cl)cc1.[2HH]. The van der Waals surface area contributed by atoms with Crippen molar-refractivity contribution in [2.24, 2.45) is 22.6 Å². The molecule has 0 aromatic heterocycles. The summed E-state index contributed by atoms with van der Waals surface area (Å²) in [6.07, 6.45) is 3.83. The standard InChI is InChI=1S/C21H22ClNO3.C18H25NO4.C12H16N2O2.C7H4ClNO.CH4.ClH.H2/c1-26-19-8-4-15(5-9-19)20-12-21(25)23-13-16(20)11-18(24)10-14-2-6-17(22)7-3-14;1-18(2,3)23-17(21)9-13-11-19-16(20)10-15(13)12-5-7-14(22-4)8-6-12;1-16-9-4-2-8(3-5-9)10-6-12(15)14-7-11(10)13;8-6-1-3-7(4-2-6)9-5-10;;;/h2-9,16,20H,10-13H2,1H3,(H,23,25);5-8,13,15H,9-11H2,1-4H3,(H,19,20);2-5,10-11H,6-7,13H2,1H3,(H,14,15);1-4H;1H4;2*1H/t16-,20?;13-,15?;10?,11-;;;;/m111..../s1/i;;;;;;1+1. The van der Waals surface area contributed by atoms with Gasteiger partial charge < -0.3 is 40.6 Å². The summed E-state index contributed by atoms with van der Waals surface area (Å²) in [6, 6.07) is 37.2. The van der Waals surface area contributed by atoms with E-state index >= 15 is 0 Å². The van der Waals surface area contributed by atoms with Crippen molar-refractivity contribution < 1.29 is 49.1 Å². The highest BCUT2D eigenvalue weighted by atomic mass is 35.5. The molecule has 0 saturated carbocycles. The monoisotopic (exact) mass is 1120 g/mol. The normalized spacial score (nSPS) is 19.4. The molecule has 0 radical (unpaired) electrons. The van der Waals surface area contributed by atoms with E-state index in [-0.39, 0.29) is 86.4 Å². The van der Waals surface area contributed by atoms with Gasteiger partial charge in [-0.05, 0) is 139 Å². The maximum absolute atomic E-state index is 12.6. The van der Waals surface area contributed by atoms with Crippen LogP contribution in [0, 0.1) is 11.8 Å². The molecule has 0 aliphatic carbocycles. The fourth-order valence-electron chi connectivity index (χ4n) is 8.94. The minimum atomic E-state index is -0.495. The molecule has 18 heteroatoms. The minimum absolute atomic E-state index is 0. The first-order chi connectivity index (χ1) is 35.9. The summed E-state index contributed by atoms with van der Waals surface area (Å²) >= 11 is 11.5. The molecule has 3 aliphatic rings. The van der Waals surface area contributed by atoms with E-state index < -0.39 is 5.60 Å². The number of nitrogens with zero attached hydrogens (tertiary/aromatic N) is 1. The molecule has 0 bridgehead atoms. The third-order valence-corrected chi connectivity index (χ3v) is 13.3. The number of isocyanates is 1.